The molecule has 14 heavy (non-hydrogen) atoms. The molecule has 0 fully saturated rings. The lowest BCUT2D eigenvalue weighted by atomic mass is 9.95. The number of aryl methyl sites for hydroxylation is 1. The van der Waals surface area contributed by atoms with E-state index in [0.29, 0.717) is 0 Å². The molecule has 0 aliphatic heterocycles. The van der Waals surface area contributed by atoms with E-state index in [1.807, 2.05) is 11.8 Å². The van der Waals surface area contributed by atoms with E-state index in [0.717, 1.165) is 37.1 Å². The lowest BCUT2D eigenvalue weighted by Gasteiger charge is -2.20. The zero-order chi connectivity index (χ0) is 9.97. The van der Waals surface area contributed by atoms with Crippen LogP contribution in [0.1, 0.15) is 30.2 Å². The number of hydrogen-bond donors (Lipinski definition) is 1. The van der Waals surface area contributed by atoms with Crippen LogP contribution in [0.25, 0.3) is 0 Å². The van der Waals surface area contributed by atoms with Gasteiger partial charge in [-0.1, -0.05) is 0 Å². The number of nitrogens with zero attached hydrogens (tertiary/aromatic N) is 1. The normalized spacial score (nSPS) is 20.9. The van der Waals surface area contributed by atoms with Crippen molar-refractivity contribution in [2.75, 3.05) is 12.0 Å². The topological polar surface area (TPSA) is 25.2 Å². The van der Waals surface area contributed by atoms with Crippen molar-refractivity contribution < 1.29 is 5.11 Å². The summed E-state index contributed by atoms with van der Waals surface area (Å²) in [4.78, 5) is 0. The van der Waals surface area contributed by atoms with Gasteiger partial charge in [-0.15, -0.1) is 0 Å². The summed E-state index contributed by atoms with van der Waals surface area (Å²) in [6.07, 6.45) is 7.22. The number of fused-ring (bicyclic) bond motifs is 1. The van der Waals surface area contributed by atoms with Crippen LogP contribution in [0.5, 0.6) is 0 Å². The van der Waals surface area contributed by atoms with Crippen molar-refractivity contribution in [2.45, 2.75) is 31.9 Å². The fourth-order valence-corrected chi connectivity index (χ4v) is 2.51. The fourth-order valence-electron chi connectivity index (χ4n) is 2.13. The van der Waals surface area contributed by atoms with Crippen molar-refractivity contribution in [2.24, 2.45) is 0 Å². The number of aromatic nitrogens is 1. The van der Waals surface area contributed by atoms with Gasteiger partial charge in [0.1, 0.15) is 0 Å². The Kier molecular flexibility index (Phi) is 3.19. The lowest BCUT2D eigenvalue weighted by Crippen LogP contribution is -2.12. The first-order chi connectivity index (χ1) is 6.83. The monoisotopic (exact) mass is 211 g/mol. The quantitative estimate of drug-likeness (QED) is 0.829. The van der Waals surface area contributed by atoms with Crippen LogP contribution in [0.15, 0.2) is 12.3 Å². The summed E-state index contributed by atoms with van der Waals surface area (Å²) in [5.41, 5.74) is 2.52. The van der Waals surface area contributed by atoms with Gasteiger partial charge < -0.3 is 9.67 Å². The Morgan fingerprint density at radius 2 is 2.50 bits per heavy atom. The van der Waals surface area contributed by atoms with Crippen LogP contribution in [-0.4, -0.2) is 21.7 Å². The van der Waals surface area contributed by atoms with Gasteiger partial charge in [-0.2, -0.15) is 11.8 Å². The van der Waals surface area contributed by atoms with Crippen LogP contribution >= 0.6 is 11.8 Å². The molecule has 0 saturated heterocycles. The smallest absolute Gasteiger partial charge is 0.0807 e. The van der Waals surface area contributed by atoms with Crippen LogP contribution in [0, 0.1) is 0 Å². The molecule has 1 unspecified atom stereocenters. The molecule has 0 saturated carbocycles. The molecule has 0 bridgehead atoms. The van der Waals surface area contributed by atoms with Gasteiger partial charge in [0.25, 0.3) is 0 Å². The Morgan fingerprint density at radius 3 is 3.29 bits per heavy atom. The van der Waals surface area contributed by atoms with E-state index in [4.69, 9.17) is 0 Å². The van der Waals surface area contributed by atoms with E-state index in [9.17, 15) is 5.11 Å². The molecule has 1 aliphatic carbocycles. The lowest BCUT2D eigenvalue weighted by molar-refractivity contribution is 0.155. The van der Waals surface area contributed by atoms with Crippen LogP contribution in [-0.2, 0) is 13.0 Å². The Hall–Kier alpha value is -0.410. The summed E-state index contributed by atoms with van der Waals surface area (Å²) in [6, 6.07) is 2.08. The van der Waals surface area contributed by atoms with Gasteiger partial charge in [0, 0.05) is 29.8 Å². The molecular weight excluding hydrogens is 194 g/mol. The van der Waals surface area contributed by atoms with Crippen molar-refractivity contribution in [3.8, 4) is 0 Å². The Labute approximate surface area is 89.3 Å². The largest absolute Gasteiger partial charge is 0.388 e. The summed E-state index contributed by atoms with van der Waals surface area (Å²) in [5.74, 6) is 1.15. The highest BCUT2D eigenvalue weighted by Crippen LogP contribution is 2.30. The predicted octanol–water partition coefficient (Wildman–Crippen LogP) is 2.22. The van der Waals surface area contributed by atoms with Gasteiger partial charge in [-0.05, 0) is 31.6 Å². The molecule has 0 aromatic carbocycles. The van der Waals surface area contributed by atoms with E-state index >= 15 is 0 Å². The summed E-state index contributed by atoms with van der Waals surface area (Å²) < 4.78 is 2.30. The SMILES string of the molecule is CSCCn1ccc2c1CCCC2O. The van der Waals surface area contributed by atoms with Gasteiger partial charge >= 0.3 is 0 Å². The van der Waals surface area contributed by atoms with Crippen molar-refractivity contribution in [1.82, 2.24) is 4.57 Å². The van der Waals surface area contributed by atoms with E-state index in [2.05, 4.69) is 23.1 Å². The van der Waals surface area contributed by atoms with Crippen molar-refractivity contribution in [1.29, 1.82) is 0 Å². The van der Waals surface area contributed by atoms with Gasteiger partial charge in [0.2, 0.25) is 0 Å². The third-order valence-electron chi connectivity index (χ3n) is 2.90. The molecule has 2 nitrogen and oxygen atoms in total. The predicted molar refractivity (Wildman–Crippen MR) is 60.7 cm³/mol. The highest BCUT2D eigenvalue weighted by molar-refractivity contribution is 7.98. The molecule has 2 rings (SSSR count). The van der Waals surface area contributed by atoms with Crippen LogP contribution in [0.3, 0.4) is 0 Å². The van der Waals surface area contributed by atoms with E-state index in [1.54, 1.807) is 0 Å². The summed E-state index contributed by atoms with van der Waals surface area (Å²) in [7, 11) is 0. The second-order valence-corrected chi connectivity index (χ2v) is 4.80. The molecule has 1 aromatic heterocycles. The van der Waals surface area contributed by atoms with E-state index in [1.165, 1.54) is 5.69 Å². The molecule has 1 heterocycles. The highest BCUT2D eigenvalue weighted by atomic mass is 32.2. The molecule has 0 amide bonds. The van der Waals surface area contributed by atoms with Crippen molar-refractivity contribution in [3.05, 3.63) is 23.5 Å². The Bertz CT molecular complexity index is 308. The number of hydrogen-bond acceptors (Lipinski definition) is 2. The molecule has 1 aliphatic rings. The average molecular weight is 211 g/mol. The highest BCUT2D eigenvalue weighted by Gasteiger charge is 2.20. The zero-order valence-electron chi connectivity index (χ0n) is 8.57. The van der Waals surface area contributed by atoms with Gasteiger partial charge in [-0.25, -0.2) is 0 Å². The van der Waals surface area contributed by atoms with Crippen LogP contribution < -0.4 is 0 Å². The minimum Gasteiger partial charge on any atom is -0.388 e. The molecule has 3 heteroatoms. The summed E-state index contributed by atoms with van der Waals surface area (Å²) in [5, 5.41) is 9.78. The van der Waals surface area contributed by atoms with Crippen LogP contribution in [0.2, 0.25) is 0 Å². The molecule has 1 atom stereocenters. The Morgan fingerprint density at radius 1 is 1.64 bits per heavy atom. The first-order valence-electron chi connectivity index (χ1n) is 5.18. The number of thioether (sulfide) groups is 1. The molecular formula is C11H17NOS. The molecule has 0 radical (unpaired) electrons. The summed E-state index contributed by atoms with van der Waals surface area (Å²) >= 11 is 1.87. The molecule has 0 spiro atoms. The number of aliphatic hydroxyl groups excluding tert-OH is 1. The van der Waals surface area contributed by atoms with Gasteiger partial charge in [0.05, 0.1) is 6.10 Å². The fraction of sp³-hybridized carbons (Fsp3) is 0.636. The Balaban J connectivity index is 2.18. The molecule has 1 aromatic rings. The van der Waals surface area contributed by atoms with Gasteiger partial charge in [0.15, 0.2) is 0 Å². The number of rotatable bonds is 3. The van der Waals surface area contributed by atoms with E-state index in [-0.39, 0.29) is 6.10 Å². The standard InChI is InChI=1S/C11H17NOS/c1-14-8-7-12-6-5-9-10(12)3-2-4-11(9)13/h5-6,11,13H,2-4,7-8H2,1H3. The van der Waals surface area contributed by atoms with Crippen molar-refractivity contribution in [3.63, 3.8) is 0 Å². The van der Waals surface area contributed by atoms with Crippen molar-refractivity contribution >= 4 is 11.8 Å². The maximum atomic E-state index is 9.78. The van der Waals surface area contributed by atoms with Gasteiger partial charge in [-0.3, -0.25) is 0 Å². The minimum absolute atomic E-state index is 0.214. The van der Waals surface area contributed by atoms with E-state index < -0.39 is 0 Å². The van der Waals surface area contributed by atoms with Crippen LogP contribution in [0.4, 0.5) is 0 Å². The minimum atomic E-state index is -0.214. The second kappa shape index (κ2) is 4.41. The third-order valence-corrected chi connectivity index (χ3v) is 3.49. The second-order valence-electron chi connectivity index (χ2n) is 3.81. The molecule has 78 valence electrons. The first kappa shape index (κ1) is 10.1. The maximum absolute atomic E-state index is 9.78. The molecule has 1 N–H and O–H groups in total. The maximum Gasteiger partial charge on any atom is 0.0807 e. The third kappa shape index (κ3) is 1.84. The zero-order valence-corrected chi connectivity index (χ0v) is 9.39. The first-order valence-corrected chi connectivity index (χ1v) is 6.57. The summed E-state index contributed by atoms with van der Waals surface area (Å²) in [6.45, 7) is 1.07. The average Bonchev–Trinajstić information content (AvgIpc) is 2.60. The number of aliphatic hydroxyl groups is 1.